The van der Waals surface area contributed by atoms with Gasteiger partial charge in [-0.2, -0.15) is 0 Å². The molecule has 0 fully saturated rings. The fourth-order valence-electron chi connectivity index (χ4n) is 2.63. The Bertz CT molecular complexity index is 903. The van der Waals surface area contributed by atoms with Crippen LogP contribution in [-0.4, -0.2) is 30.4 Å². The lowest BCUT2D eigenvalue weighted by molar-refractivity contribution is -0.118. The van der Waals surface area contributed by atoms with Gasteiger partial charge >= 0.3 is 0 Å². The third-order valence-corrected chi connectivity index (χ3v) is 4.00. The van der Waals surface area contributed by atoms with Gasteiger partial charge in [-0.3, -0.25) is 9.59 Å². The Hall–Kier alpha value is -3.80. The highest BCUT2D eigenvalue weighted by atomic mass is 16.5. The molecule has 0 atom stereocenters. The van der Waals surface area contributed by atoms with Crippen LogP contribution in [0.15, 0.2) is 84.9 Å². The van der Waals surface area contributed by atoms with Crippen molar-refractivity contribution < 1.29 is 14.3 Å². The van der Waals surface area contributed by atoms with E-state index in [1.54, 1.807) is 43.5 Å². The summed E-state index contributed by atoms with van der Waals surface area (Å²) in [4.78, 5) is 25.3. The van der Waals surface area contributed by atoms with Crippen LogP contribution in [0.4, 0.5) is 5.69 Å². The lowest BCUT2D eigenvalue weighted by Gasteiger charge is -2.22. The van der Waals surface area contributed by atoms with Gasteiger partial charge in [-0.15, -0.1) is 0 Å². The predicted molar refractivity (Wildman–Crippen MR) is 114 cm³/mol. The average Bonchev–Trinajstić information content (AvgIpc) is 2.75. The molecule has 0 saturated carbocycles. The molecule has 29 heavy (non-hydrogen) atoms. The van der Waals surface area contributed by atoms with Crippen molar-refractivity contribution in [2.24, 2.45) is 5.73 Å². The molecule has 0 radical (unpaired) electrons. The van der Waals surface area contributed by atoms with Gasteiger partial charge in [0.15, 0.2) is 0 Å². The van der Waals surface area contributed by atoms with Crippen molar-refractivity contribution in [3.05, 3.63) is 96.1 Å². The van der Waals surface area contributed by atoms with E-state index in [0.29, 0.717) is 17.0 Å². The van der Waals surface area contributed by atoms with Crippen LogP contribution in [0.3, 0.4) is 0 Å². The molecule has 0 aliphatic rings. The zero-order chi connectivity index (χ0) is 21.1. The van der Waals surface area contributed by atoms with Crippen LogP contribution in [0, 0.1) is 0 Å². The quantitative estimate of drug-likeness (QED) is 0.631. The number of methoxy groups -OCH3 is 1. The molecule has 3 aromatic rings. The normalized spacial score (nSPS) is 9.69. The van der Waals surface area contributed by atoms with E-state index in [1.807, 2.05) is 48.5 Å². The number of hydrogen-bond acceptors (Lipinski definition) is 4. The molecule has 0 heterocycles. The molecule has 0 unspecified atom stereocenters. The van der Waals surface area contributed by atoms with Gasteiger partial charge in [-0.05, 0) is 29.8 Å². The first-order chi connectivity index (χ1) is 14.0. The summed E-state index contributed by atoms with van der Waals surface area (Å²) in [5.41, 5.74) is 12.6. The third kappa shape index (κ3) is 7.03. The van der Waals surface area contributed by atoms with Crippen molar-refractivity contribution in [3.63, 3.8) is 0 Å². The molecule has 3 aromatic carbocycles. The Balaban J connectivity index is 0.000000426. The van der Waals surface area contributed by atoms with Gasteiger partial charge in [-0.1, -0.05) is 60.7 Å². The monoisotopic (exact) mass is 391 g/mol. The van der Waals surface area contributed by atoms with Crippen LogP contribution in [0.2, 0.25) is 0 Å². The second-order valence-electron chi connectivity index (χ2n) is 6.22. The number of nitrogens with zero attached hydrogens (tertiary/aromatic N) is 1. The van der Waals surface area contributed by atoms with E-state index in [-0.39, 0.29) is 19.0 Å². The molecule has 3 rings (SSSR count). The van der Waals surface area contributed by atoms with Crippen LogP contribution >= 0.6 is 0 Å². The molecule has 6 nitrogen and oxygen atoms in total. The molecule has 2 amide bonds. The van der Waals surface area contributed by atoms with E-state index in [4.69, 9.17) is 16.2 Å². The Labute approximate surface area is 170 Å². The summed E-state index contributed by atoms with van der Waals surface area (Å²) in [7, 11) is 1.57. The van der Waals surface area contributed by atoms with Crippen molar-refractivity contribution in [2.45, 2.75) is 6.54 Å². The number of amides is 2. The van der Waals surface area contributed by atoms with Crippen molar-refractivity contribution in [1.29, 1.82) is 0 Å². The first kappa shape index (κ1) is 21.5. The van der Waals surface area contributed by atoms with Crippen LogP contribution < -0.4 is 16.2 Å². The van der Waals surface area contributed by atoms with E-state index < -0.39 is 5.91 Å². The van der Waals surface area contributed by atoms with Crippen LogP contribution in [0.25, 0.3) is 0 Å². The molecular weight excluding hydrogens is 366 g/mol. The van der Waals surface area contributed by atoms with Crippen LogP contribution in [-0.2, 0) is 11.3 Å². The molecular formula is C23H25N3O3. The van der Waals surface area contributed by atoms with Gasteiger partial charge in [0.05, 0.1) is 19.2 Å². The summed E-state index contributed by atoms with van der Waals surface area (Å²) in [6, 6.07) is 26.0. The topological polar surface area (TPSA) is 98.6 Å². The Morgan fingerprint density at radius 1 is 0.897 bits per heavy atom. The minimum atomic E-state index is -0.587. The molecule has 6 heteroatoms. The van der Waals surface area contributed by atoms with E-state index in [9.17, 15) is 9.59 Å². The van der Waals surface area contributed by atoms with Gasteiger partial charge in [0.2, 0.25) is 5.91 Å². The minimum absolute atomic E-state index is 0.190. The largest absolute Gasteiger partial charge is 0.497 e. The van der Waals surface area contributed by atoms with Crippen molar-refractivity contribution in [1.82, 2.24) is 4.90 Å². The molecule has 0 saturated heterocycles. The number of anilines is 1. The van der Waals surface area contributed by atoms with Crippen molar-refractivity contribution in [3.8, 4) is 5.75 Å². The maximum Gasteiger partial charge on any atom is 0.256 e. The van der Waals surface area contributed by atoms with E-state index in [1.165, 1.54) is 4.90 Å². The third-order valence-electron chi connectivity index (χ3n) is 4.00. The Kier molecular flexibility index (Phi) is 8.26. The molecule has 0 aromatic heterocycles. The first-order valence-corrected chi connectivity index (χ1v) is 9.06. The molecule has 0 bridgehead atoms. The highest BCUT2D eigenvalue weighted by Gasteiger charge is 2.20. The standard InChI is InChI=1S/C17H19N3O3.C6H6/c1-23-13-6-4-5-12(9-13)10-20(11-16(19)21)17(22)14-7-2-3-8-15(14)18;1-2-4-6-5-3-1/h2-9H,10-11,18H2,1H3,(H2,19,21);1-6H. The zero-order valence-corrected chi connectivity index (χ0v) is 16.3. The molecule has 0 aliphatic heterocycles. The van der Waals surface area contributed by atoms with Gasteiger partial charge in [0.25, 0.3) is 5.91 Å². The second-order valence-corrected chi connectivity index (χ2v) is 6.22. The molecule has 0 spiro atoms. The van der Waals surface area contributed by atoms with E-state index >= 15 is 0 Å². The number of nitrogen functional groups attached to an aromatic ring is 1. The smallest absolute Gasteiger partial charge is 0.256 e. The SMILES string of the molecule is COc1cccc(CN(CC(N)=O)C(=O)c2ccccc2N)c1.c1ccccc1. The number of ether oxygens (including phenoxy) is 1. The Morgan fingerprint density at radius 3 is 2.07 bits per heavy atom. The summed E-state index contributed by atoms with van der Waals surface area (Å²) >= 11 is 0. The predicted octanol–water partition coefficient (Wildman–Crippen LogP) is 3.09. The van der Waals surface area contributed by atoms with E-state index in [2.05, 4.69) is 0 Å². The fraction of sp³-hybridized carbons (Fsp3) is 0.130. The highest BCUT2D eigenvalue weighted by Crippen LogP contribution is 2.18. The van der Waals surface area contributed by atoms with Gasteiger partial charge in [0, 0.05) is 12.2 Å². The van der Waals surface area contributed by atoms with Crippen LogP contribution in [0.1, 0.15) is 15.9 Å². The minimum Gasteiger partial charge on any atom is -0.497 e. The van der Waals surface area contributed by atoms with Gasteiger partial charge in [0.1, 0.15) is 5.75 Å². The van der Waals surface area contributed by atoms with Gasteiger partial charge in [-0.25, -0.2) is 0 Å². The number of nitrogens with two attached hydrogens (primary N) is 2. The number of carbonyl (C=O) groups is 2. The zero-order valence-electron chi connectivity index (χ0n) is 16.3. The van der Waals surface area contributed by atoms with Crippen molar-refractivity contribution in [2.75, 3.05) is 19.4 Å². The summed E-state index contributed by atoms with van der Waals surface area (Å²) < 4.78 is 5.17. The number of primary amides is 1. The second kappa shape index (κ2) is 11.1. The van der Waals surface area contributed by atoms with E-state index in [0.717, 1.165) is 5.56 Å². The highest BCUT2D eigenvalue weighted by molar-refractivity contribution is 6.00. The summed E-state index contributed by atoms with van der Waals surface area (Å²) in [5, 5.41) is 0. The molecule has 4 N–H and O–H groups in total. The summed E-state index contributed by atoms with van der Waals surface area (Å²) in [6.45, 7) is 0.0394. The van der Waals surface area contributed by atoms with Crippen LogP contribution in [0.5, 0.6) is 5.75 Å². The number of benzene rings is 3. The van der Waals surface area contributed by atoms with Crippen molar-refractivity contribution >= 4 is 17.5 Å². The summed E-state index contributed by atoms with van der Waals surface area (Å²) in [5.74, 6) is -0.256. The lowest BCUT2D eigenvalue weighted by Crippen LogP contribution is -2.38. The fourth-order valence-corrected chi connectivity index (χ4v) is 2.63. The number of para-hydroxylation sites is 1. The maximum atomic E-state index is 12.7. The maximum absolute atomic E-state index is 12.7. The number of rotatable bonds is 6. The molecule has 150 valence electrons. The Morgan fingerprint density at radius 2 is 1.52 bits per heavy atom. The first-order valence-electron chi connectivity index (χ1n) is 9.06. The number of carbonyl (C=O) groups excluding carboxylic acids is 2. The summed E-state index contributed by atoms with van der Waals surface area (Å²) in [6.07, 6.45) is 0. The van der Waals surface area contributed by atoms with Gasteiger partial charge < -0.3 is 21.1 Å². The number of hydrogen-bond donors (Lipinski definition) is 2. The molecule has 0 aliphatic carbocycles. The lowest BCUT2D eigenvalue weighted by atomic mass is 10.1. The average molecular weight is 391 g/mol.